The van der Waals surface area contributed by atoms with Crippen LogP contribution in [-0.2, 0) is 4.79 Å². The fraction of sp³-hybridized carbons (Fsp3) is 0.500. The van der Waals surface area contributed by atoms with Crippen molar-refractivity contribution >= 4 is 5.91 Å². The Labute approximate surface area is 112 Å². The number of hydrogen-bond acceptors (Lipinski definition) is 4. The minimum Gasteiger partial charge on any atom is -0.486 e. The lowest BCUT2D eigenvalue weighted by Crippen LogP contribution is -2.59. The molecule has 102 valence electrons. The number of para-hydroxylation sites is 2. The summed E-state index contributed by atoms with van der Waals surface area (Å²) in [5, 5.41) is 2.86. The Hall–Kier alpha value is -1.75. The van der Waals surface area contributed by atoms with Crippen LogP contribution in [0.25, 0.3) is 0 Å². The van der Waals surface area contributed by atoms with Crippen molar-refractivity contribution in [3.05, 3.63) is 24.3 Å². The molecule has 0 spiro atoms. The van der Waals surface area contributed by atoms with E-state index in [0.717, 1.165) is 30.8 Å². The van der Waals surface area contributed by atoms with Gasteiger partial charge < -0.3 is 20.5 Å². The van der Waals surface area contributed by atoms with Crippen molar-refractivity contribution in [1.29, 1.82) is 0 Å². The molecule has 1 atom stereocenters. The van der Waals surface area contributed by atoms with Gasteiger partial charge in [0.05, 0.1) is 12.1 Å². The van der Waals surface area contributed by atoms with Crippen LogP contribution >= 0.6 is 0 Å². The fourth-order valence-electron chi connectivity index (χ4n) is 2.33. The van der Waals surface area contributed by atoms with Crippen molar-refractivity contribution < 1.29 is 14.3 Å². The molecule has 3 rings (SSSR count). The molecule has 1 aromatic rings. The van der Waals surface area contributed by atoms with Crippen LogP contribution in [0.15, 0.2) is 24.3 Å². The van der Waals surface area contributed by atoms with Crippen molar-refractivity contribution in [2.24, 2.45) is 5.73 Å². The van der Waals surface area contributed by atoms with Gasteiger partial charge in [-0.25, -0.2) is 0 Å². The molecule has 1 amide bonds. The Balaban J connectivity index is 1.54. The standard InChI is InChI=1S/C14H18N2O3/c15-14(6-3-7-14)13(17)16-8-10-9-18-11-4-1-2-5-12(11)19-10/h1-2,4-5,10H,3,6-9,15H2,(H,16,17). The summed E-state index contributed by atoms with van der Waals surface area (Å²) in [7, 11) is 0. The maximum absolute atomic E-state index is 11.9. The number of nitrogens with two attached hydrogens (primary N) is 1. The Kier molecular flexibility index (Phi) is 3.06. The van der Waals surface area contributed by atoms with E-state index in [1.54, 1.807) is 0 Å². The second kappa shape index (κ2) is 4.74. The number of carbonyl (C=O) groups is 1. The van der Waals surface area contributed by atoms with Gasteiger partial charge >= 0.3 is 0 Å². The molecular weight excluding hydrogens is 244 g/mol. The summed E-state index contributed by atoms with van der Waals surface area (Å²) < 4.78 is 11.4. The van der Waals surface area contributed by atoms with E-state index in [0.29, 0.717) is 13.2 Å². The molecule has 3 N–H and O–H groups in total. The average Bonchev–Trinajstić information content (AvgIpc) is 2.42. The van der Waals surface area contributed by atoms with Crippen molar-refractivity contribution in [1.82, 2.24) is 5.32 Å². The fourth-order valence-corrected chi connectivity index (χ4v) is 2.33. The number of nitrogens with one attached hydrogen (secondary N) is 1. The summed E-state index contributed by atoms with van der Waals surface area (Å²) in [6, 6.07) is 7.53. The lowest BCUT2D eigenvalue weighted by atomic mass is 9.77. The Bertz CT molecular complexity index is 485. The molecule has 1 unspecified atom stereocenters. The number of ether oxygens (including phenoxy) is 2. The molecule has 19 heavy (non-hydrogen) atoms. The molecule has 1 aromatic carbocycles. The molecule has 5 heteroatoms. The maximum atomic E-state index is 11.9. The van der Waals surface area contributed by atoms with E-state index in [1.807, 2.05) is 24.3 Å². The predicted octanol–water partition coefficient (Wildman–Crippen LogP) is 0.824. The van der Waals surface area contributed by atoms with Gasteiger partial charge in [0, 0.05) is 0 Å². The highest BCUT2D eigenvalue weighted by atomic mass is 16.6. The molecule has 1 saturated carbocycles. The van der Waals surface area contributed by atoms with Crippen molar-refractivity contribution in [2.45, 2.75) is 30.9 Å². The molecule has 0 bridgehead atoms. The number of fused-ring (bicyclic) bond motifs is 1. The second-order valence-corrected chi connectivity index (χ2v) is 5.22. The SMILES string of the molecule is NC1(C(=O)NCC2COc3ccccc3O2)CCC1. The molecular formula is C14H18N2O3. The topological polar surface area (TPSA) is 73.6 Å². The number of rotatable bonds is 3. The summed E-state index contributed by atoms with van der Waals surface area (Å²) in [5.74, 6) is 1.39. The largest absolute Gasteiger partial charge is 0.486 e. The third kappa shape index (κ3) is 2.38. The van der Waals surface area contributed by atoms with Crippen LogP contribution in [-0.4, -0.2) is 30.7 Å². The van der Waals surface area contributed by atoms with Gasteiger partial charge in [0.25, 0.3) is 0 Å². The molecule has 0 aromatic heterocycles. The molecule has 1 aliphatic heterocycles. The highest BCUT2D eigenvalue weighted by Gasteiger charge is 2.40. The minimum atomic E-state index is -0.659. The highest BCUT2D eigenvalue weighted by Crippen LogP contribution is 2.31. The van der Waals surface area contributed by atoms with Crippen LogP contribution in [0.5, 0.6) is 11.5 Å². The van der Waals surface area contributed by atoms with Crippen LogP contribution in [0.1, 0.15) is 19.3 Å². The zero-order valence-electron chi connectivity index (χ0n) is 10.7. The van der Waals surface area contributed by atoms with Crippen molar-refractivity contribution in [2.75, 3.05) is 13.2 Å². The first-order valence-corrected chi connectivity index (χ1v) is 6.63. The summed E-state index contributed by atoms with van der Waals surface area (Å²) >= 11 is 0. The van der Waals surface area contributed by atoms with Crippen LogP contribution in [0, 0.1) is 0 Å². The summed E-state index contributed by atoms with van der Waals surface area (Å²) in [5.41, 5.74) is 5.30. The summed E-state index contributed by atoms with van der Waals surface area (Å²) in [4.78, 5) is 11.9. The van der Waals surface area contributed by atoms with Crippen LogP contribution in [0.3, 0.4) is 0 Å². The highest BCUT2D eigenvalue weighted by molar-refractivity contribution is 5.87. The maximum Gasteiger partial charge on any atom is 0.240 e. The number of benzene rings is 1. The van der Waals surface area contributed by atoms with E-state index in [-0.39, 0.29) is 12.0 Å². The molecule has 1 heterocycles. The molecule has 1 fully saturated rings. The van der Waals surface area contributed by atoms with E-state index in [2.05, 4.69) is 5.32 Å². The average molecular weight is 262 g/mol. The normalized spacial score (nSPS) is 23.3. The van der Waals surface area contributed by atoms with Crippen molar-refractivity contribution in [3.63, 3.8) is 0 Å². The Morgan fingerprint density at radius 2 is 2.11 bits per heavy atom. The molecule has 2 aliphatic rings. The van der Waals surface area contributed by atoms with Gasteiger partial charge in [-0.15, -0.1) is 0 Å². The zero-order valence-corrected chi connectivity index (χ0v) is 10.7. The van der Waals surface area contributed by atoms with Crippen LogP contribution in [0.2, 0.25) is 0 Å². The quantitative estimate of drug-likeness (QED) is 0.846. The third-order valence-electron chi connectivity index (χ3n) is 3.76. The van der Waals surface area contributed by atoms with E-state index < -0.39 is 5.54 Å². The number of carbonyl (C=O) groups excluding carboxylic acids is 1. The van der Waals surface area contributed by atoms with Gasteiger partial charge in [-0.1, -0.05) is 12.1 Å². The van der Waals surface area contributed by atoms with Crippen molar-refractivity contribution in [3.8, 4) is 11.5 Å². The number of amides is 1. The lowest BCUT2D eigenvalue weighted by molar-refractivity contribution is -0.129. The molecule has 1 aliphatic carbocycles. The third-order valence-corrected chi connectivity index (χ3v) is 3.76. The van der Waals surface area contributed by atoms with Gasteiger partial charge in [0.2, 0.25) is 5.91 Å². The first-order valence-electron chi connectivity index (χ1n) is 6.63. The van der Waals surface area contributed by atoms with Gasteiger partial charge in [-0.05, 0) is 31.4 Å². The summed E-state index contributed by atoms with van der Waals surface area (Å²) in [6.45, 7) is 0.862. The van der Waals surface area contributed by atoms with E-state index in [1.165, 1.54) is 0 Å². The lowest BCUT2D eigenvalue weighted by Gasteiger charge is -2.36. The van der Waals surface area contributed by atoms with E-state index in [9.17, 15) is 4.79 Å². The van der Waals surface area contributed by atoms with Gasteiger partial charge in [0.15, 0.2) is 11.5 Å². The molecule has 0 saturated heterocycles. The molecule has 0 radical (unpaired) electrons. The smallest absolute Gasteiger partial charge is 0.240 e. The second-order valence-electron chi connectivity index (χ2n) is 5.22. The predicted molar refractivity (Wildman–Crippen MR) is 70.1 cm³/mol. The Morgan fingerprint density at radius 1 is 1.37 bits per heavy atom. The Morgan fingerprint density at radius 3 is 2.79 bits per heavy atom. The monoisotopic (exact) mass is 262 g/mol. The van der Waals surface area contributed by atoms with Gasteiger partial charge in [-0.3, -0.25) is 4.79 Å². The number of hydrogen-bond donors (Lipinski definition) is 2. The first-order chi connectivity index (χ1) is 9.17. The van der Waals surface area contributed by atoms with Gasteiger partial charge in [-0.2, -0.15) is 0 Å². The zero-order chi connectivity index (χ0) is 13.3. The first kappa shape index (κ1) is 12.3. The van der Waals surface area contributed by atoms with E-state index >= 15 is 0 Å². The minimum absolute atomic E-state index is 0.0822. The van der Waals surface area contributed by atoms with Gasteiger partial charge in [0.1, 0.15) is 12.7 Å². The summed E-state index contributed by atoms with van der Waals surface area (Å²) in [6.07, 6.45) is 2.40. The van der Waals surface area contributed by atoms with E-state index in [4.69, 9.17) is 15.2 Å². The molecule has 5 nitrogen and oxygen atoms in total. The van der Waals surface area contributed by atoms with Crippen LogP contribution < -0.4 is 20.5 Å². The van der Waals surface area contributed by atoms with Crippen LogP contribution in [0.4, 0.5) is 0 Å².